The van der Waals surface area contributed by atoms with E-state index in [1.165, 1.54) is 430 Å². The van der Waals surface area contributed by atoms with Crippen LogP contribution in [-0.4, -0.2) is 20.6 Å². The fraction of sp³-hybridized carbons (Fsp3) is 0.786. The van der Waals surface area contributed by atoms with Gasteiger partial charge in [-0.1, -0.05) is 399 Å². The Morgan fingerprint density at radius 1 is 0.233 bits per heavy atom. The van der Waals surface area contributed by atoms with E-state index in [4.69, 9.17) is 19.6 Å². The Hall–Kier alpha value is -3.54. The summed E-state index contributed by atoms with van der Waals surface area (Å²) in [6.45, 7) is 9.29. The first kappa shape index (κ1) is 73.9. The van der Waals surface area contributed by atoms with E-state index in [-0.39, 0.29) is 10.8 Å². The number of rotatable bonds is 60. The van der Waals surface area contributed by atoms with E-state index >= 15 is 0 Å². The summed E-state index contributed by atoms with van der Waals surface area (Å²) < 4.78 is 11.4. The summed E-state index contributed by atoms with van der Waals surface area (Å²) in [5, 5.41) is 18.8. The van der Waals surface area contributed by atoms with E-state index in [0.29, 0.717) is 0 Å². The van der Waals surface area contributed by atoms with Gasteiger partial charge in [0.25, 0.3) is 0 Å². The molecule has 6 nitrogen and oxygen atoms in total. The molecule has 2 aliphatic rings. The Kier molecular flexibility index (Phi) is 36.9. The highest BCUT2D eigenvalue weighted by molar-refractivity contribution is 6.03. The van der Waals surface area contributed by atoms with Crippen LogP contribution < -0.4 is 0 Å². The van der Waals surface area contributed by atoms with Crippen LogP contribution in [0.2, 0.25) is 0 Å². The zero-order valence-electron chi connectivity index (χ0n) is 59.5. The average molecular weight is 1240 g/mol. The first-order valence-corrected chi connectivity index (χ1v) is 40.3. The molecule has 2 heterocycles. The van der Waals surface area contributed by atoms with Crippen LogP contribution in [0.4, 0.5) is 0 Å². The minimum absolute atomic E-state index is 0.105. The van der Waals surface area contributed by atoms with Gasteiger partial charge in [-0.05, 0) is 104 Å². The van der Waals surface area contributed by atoms with E-state index in [0.717, 1.165) is 22.1 Å². The zero-order chi connectivity index (χ0) is 62.8. The molecule has 506 valence electrons. The summed E-state index contributed by atoms with van der Waals surface area (Å²) in [5.74, 6) is 0. The van der Waals surface area contributed by atoms with Gasteiger partial charge in [-0.15, -0.1) is 0 Å². The molecule has 0 atom stereocenters. The van der Waals surface area contributed by atoms with Gasteiger partial charge in [0.05, 0.1) is 0 Å². The van der Waals surface area contributed by atoms with Crippen LogP contribution in [0.15, 0.2) is 45.7 Å². The Morgan fingerprint density at radius 3 is 0.644 bits per heavy atom. The van der Waals surface area contributed by atoms with Crippen LogP contribution in [0.5, 0.6) is 0 Å². The third-order valence-corrected chi connectivity index (χ3v) is 22.4. The van der Waals surface area contributed by atoms with Crippen molar-refractivity contribution >= 4 is 22.1 Å². The van der Waals surface area contributed by atoms with Gasteiger partial charge in [0.1, 0.15) is 22.1 Å². The molecule has 0 spiro atoms. The van der Waals surface area contributed by atoms with Gasteiger partial charge in [0.2, 0.25) is 0 Å². The second-order valence-electron chi connectivity index (χ2n) is 29.7. The second kappa shape index (κ2) is 44.9. The molecule has 0 aliphatic heterocycles. The topological polar surface area (TPSA) is 77.8 Å². The van der Waals surface area contributed by atoms with Gasteiger partial charge < -0.3 is 0 Å². The molecule has 90 heavy (non-hydrogen) atoms. The van der Waals surface area contributed by atoms with E-state index in [2.05, 4.69) is 74.4 Å². The third-order valence-electron chi connectivity index (χ3n) is 22.4. The van der Waals surface area contributed by atoms with Crippen LogP contribution in [0.25, 0.3) is 44.3 Å². The highest BCUT2D eigenvalue weighted by Crippen LogP contribution is 2.62. The lowest BCUT2D eigenvalue weighted by Crippen LogP contribution is -2.27. The zero-order valence-corrected chi connectivity index (χ0v) is 59.5. The standard InChI is InChI=1S/C84H138N4O2/c1-5-9-13-17-21-25-29-33-37-41-45-49-53-57-65-83(66-58-54-50-46-42-38-34-30-26-22-18-14-10-6-2)73-61-63-77-81(87-89-85-77)79(73)71-70-76-72(69-75(71)83)80-74(62-64-78-82(80)88-90-86-78)84(76,67-59-55-51-47-43-39-35-31-27-23-19-15-11-7-3)68-60-56-52-48-44-40-36-32-28-24-20-16-12-8-4/h61-64,69-70H,5-60,65-68H2,1-4H3. The van der Waals surface area contributed by atoms with Crippen LogP contribution >= 0.6 is 0 Å². The first-order chi connectivity index (χ1) is 44.6. The molecule has 0 bridgehead atoms. The molecule has 2 aromatic heterocycles. The van der Waals surface area contributed by atoms with Gasteiger partial charge in [0.15, 0.2) is 0 Å². The Balaban J connectivity index is 1.11. The van der Waals surface area contributed by atoms with Crippen molar-refractivity contribution in [1.29, 1.82) is 0 Å². The molecule has 0 amide bonds. The molecular formula is C84H138N4O2. The van der Waals surface area contributed by atoms with Crippen molar-refractivity contribution in [3.05, 3.63) is 58.7 Å². The maximum absolute atomic E-state index is 5.71. The lowest BCUT2D eigenvalue weighted by Gasteiger charge is -2.35. The van der Waals surface area contributed by atoms with E-state index in [9.17, 15) is 0 Å². The van der Waals surface area contributed by atoms with Crippen LogP contribution in [0.3, 0.4) is 0 Å². The number of aromatic nitrogens is 4. The highest BCUT2D eigenvalue weighted by atomic mass is 16.6. The maximum Gasteiger partial charge on any atom is 0.143 e. The Morgan fingerprint density at radius 2 is 0.433 bits per heavy atom. The summed E-state index contributed by atoms with van der Waals surface area (Å²) >= 11 is 0. The Bertz CT molecular complexity index is 2360. The monoisotopic (exact) mass is 1240 g/mol. The summed E-state index contributed by atoms with van der Waals surface area (Å²) in [7, 11) is 0. The molecule has 0 unspecified atom stereocenters. The third kappa shape index (κ3) is 23.4. The molecule has 7 rings (SSSR count). The number of fused-ring (bicyclic) bond motifs is 10. The van der Waals surface area contributed by atoms with E-state index < -0.39 is 0 Å². The van der Waals surface area contributed by atoms with E-state index in [1.54, 1.807) is 0 Å². The van der Waals surface area contributed by atoms with Gasteiger partial charge >= 0.3 is 0 Å². The van der Waals surface area contributed by atoms with Crippen molar-refractivity contribution in [3.63, 3.8) is 0 Å². The van der Waals surface area contributed by atoms with Crippen molar-refractivity contribution in [2.45, 2.75) is 424 Å². The fourth-order valence-electron chi connectivity index (χ4n) is 17.0. The minimum Gasteiger partial charge on any atom is -0.243 e. The molecule has 3 aromatic carbocycles. The van der Waals surface area contributed by atoms with Crippen LogP contribution in [-0.2, 0) is 10.8 Å². The normalized spacial score (nSPS) is 13.7. The Labute approximate surface area is 553 Å². The number of hydrogen-bond acceptors (Lipinski definition) is 6. The molecule has 5 aromatic rings. The molecule has 0 radical (unpaired) electrons. The lowest BCUT2D eigenvalue weighted by atomic mass is 9.68. The van der Waals surface area contributed by atoms with Crippen molar-refractivity contribution in [1.82, 2.24) is 20.6 Å². The minimum atomic E-state index is -0.105. The van der Waals surface area contributed by atoms with Gasteiger partial charge in [0, 0.05) is 22.0 Å². The van der Waals surface area contributed by atoms with Crippen LogP contribution in [0, 0.1) is 0 Å². The predicted octanol–water partition coefficient (Wildman–Crippen LogP) is 28.8. The number of hydrogen-bond donors (Lipinski definition) is 0. The quantitative estimate of drug-likeness (QED) is 0.0361. The number of benzene rings is 3. The van der Waals surface area contributed by atoms with E-state index in [1.807, 2.05) is 0 Å². The molecule has 0 saturated heterocycles. The molecule has 0 fully saturated rings. The van der Waals surface area contributed by atoms with Crippen molar-refractivity contribution in [2.24, 2.45) is 0 Å². The number of unbranched alkanes of at least 4 members (excludes halogenated alkanes) is 52. The lowest BCUT2D eigenvalue weighted by molar-refractivity contribution is 0.315. The summed E-state index contributed by atoms with van der Waals surface area (Å²) in [4.78, 5) is 0. The van der Waals surface area contributed by atoms with Crippen LogP contribution in [0.1, 0.15) is 435 Å². The molecule has 2 aliphatic carbocycles. The molecule has 0 N–H and O–H groups in total. The molecule has 0 saturated carbocycles. The van der Waals surface area contributed by atoms with Crippen molar-refractivity contribution in [3.8, 4) is 22.3 Å². The maximum atomic E-state index is 5.71. The smallest absolute Gasteiger partial charge is 0.143 e. The van der Waals surface area contributed by atoms with Gasteiger partial charge in [-0.25, -0.2) is 9.26 Å². The summed E-state index contributed by atoms with van der Waals surface area (Å²) in [6, 6.07) is 14.9. The van der Waals surface area contributed by atoms with Crippen molar-refractivity contribution in [2.75, 3.05) is 0 Å². The summed E-state index contributed by atoms with van der Waals surface area (Å²) in [6.07, 6.45) is 82.1. The van der Waals surface area contributed by atoms with Gasteiger partial charge in [-0.2, -0.15) is 0 Å². The van der Waals surface area contributed by atoms with Gasteiger partial charge in [-0.3, -0.25) is 0 Å². The largest absolute Gasteiger partial charge is 0.243 e. The van der Waals surface area contributed by atoms with Crippen molar-refractivity contribution < 1.29 is 9.26 Å². The number of nitrogens with zero attached hydrogens (tertiary/aromatic N) is 4. The highest BCUT2D eigenvalue weighted by Gasteiger charge is 2.49. The molecule has 6 heteroatoms. The fourth-order valence-corrected chi connectivity index (χ4v) is 17.0. The first-order valence-electron chi connectivity index (χ1n) is 40.3. The SMILES string of the molecule is CCCCCCCCCCCCCCCCC1(CCCCCCCCCCCCCCCC)c2cc3c(cc2-c2c1ccc1nonc21)C(CCCCCCCCCCCCCCCC)(CCCCCCCCCCCCCCCC)c1ccc2nonc2c1-3. The second-order valence-corrected chi connectivity index (χ2v) is 29.7. The average Bonchev–Trinajstić information content (AvgIpc) is 1.53. The molecular weight excluding hydrogens is 1100 g/mol. The predicted molar refractivity (Wildman–Crippen MR) is 389 cm³/mol. The summed E-state index contributed by atoms with van der Waals surface area (Å²) in [5.41, 5.74) is 15.0.